The molecule has 158 valence electrons. The number of nitrogens with one attached hydrogen (secondary N) is 2. The molecular formula is C25H23FN2O3. The van der Waals surface area contributed by atoms with E-state index in [1.165, 1.54) is 13.2 Å². The molecule has 5 nitrogen and oxygen atoms in total. The third-order valence-electron chi connectivity index (χ3n) is 5.33. The van der Waals surface area contributed by atoms with E-state index in [1.807, 2.05) is 30.5 Å². The van der Waals surface area contributed by atoms with Gasteiger partial charge in [0.15, 0.2) is 11.6 Å². The van der Waals surface area contributed by atoms with E-state index in [0.29, 0.717) is 17.5 Å². The molecule has 1 unspecified atom stereocenters. The fourth-order valence-electron chi connectivity index (χ4n) is 3.66. The van der Waals surface area contributed by atoms with Crippen molar-refractivity contribution in [3.05, 3.63) is 89.9 Å². The third-order valence-corrected chi connectivity index (χ3v) is 5.33. The Morgan fingerprint density at radius 2 is 1.84 bits per heavy atom. The van der Waals surface area contributed by atoms with Crippen LogP contribution in [-0.2, 0) is 6.42 Å². The first-order valence-electron chi connectivity index (χ1n) is 9.99. The fourth-order valence-corrected chi connectivity index (χ4v) is 3.66. The highest BCUT2D eigenvalue weighted by atomic mass is 19.1. The predicted molar refractivity (Wildman–Crippen MR) is 119 cm³/mol. The summed E-state index contributed by atoms with van der Waals surface area (Å²) in [5, 5.41) is 13.7. The second-order valence-electron chi connectivity index (χ2n) is 7.34. The molecule has 0 saturated heterocycles. The molecule has 4 rings (SSSR count). The summed E-state index contributed by atoms with van der Waals surface area (Å²) in [4.78, 5) is 15.9. The standard InChI is InChI=1S/C25H23FN2O3/c1-31-24-11-10-18(13-22(24)26)16-6-8-17(9-7-16)25(30)28-20(15-29)12-19-14-27-23-5-3-2-4-21(19)23/h2-11,13-14,20,27,29H,12,15H2,1H3,(H,28,30). The van der Waals surface area contributed by atoms with Crippen LogP contribution in [0.15, 0.2) is 72.9 Å². The summed E-state index contributed by atoms with van der Waals surface area (Å²) in [5.41, 5.74) is 4.00. The quantitative estimate of drug-likeness (QED) is 0.419. The van der Waals surface area contributed by atoms with Crippen molar-refractivity contribution >= 4 is 16.8 Å². The summed E-state index contributed by atoms with van der Waals surface area (Å²) in [5.74, 6) is -0.527. The van der Waals surface area contributed by atoms with Crippen LogP contribution in [0.5, 0.6) is 5.75 Å². The molecular weight excluding hydrogens is 395 g/mol. The largest absolute Gasteiger partial charge is 0.494 e. The van der Waals surface area contributed by atoms with Crippen molar-refractivity contribution in [3.8, 4) is 16.9 Å². The summed E-state index contributed by atoms with van der Waals surface area (Å²) < 4.78 is 18.9. The van der Waals surface area contributed by atoms with Crippen LogP contribution in [-0.4, -0.2) is 35.8 Å². The molecule has 1 aromatic heterocycles. The lowest BCUT2D eigenvalue weighted by atomic mass is 10.0. The Balaban J connectivity index is 1.45. The zero-order valence-electron chi connectivity index (χ0n) is 17.1. The van der Waals surface area contributed by atoms with Gasteiger partial charge in [-0.15, -0.1) is 0 Å². The van der Waals surface area contributed by atoms with E-state index in [2.05, 4.69) is 10.3 Å². The Morgan fingerprint density at radius 3 is 2.55 bits per heavy atom. The maximum atomic E-state index is 14.0. The van der Waals surface area contributed by atoms with E-state index >= 15 is 0 Å². The number of rotatable bonds is 7. The van der Waals surface area contributed by atoms with Crippen LogP contribution in [0.2, 0.25) is 0 Å². The minimum absolute atomic E-state index is 0.172. The van der Waals surface area contributed by atoms with E-state index in [0.717, 1.165) is 22.0 Å². The monoisotopic (exact) mass is 418 g/mol. The van der Waals surface area contributed by atoms with E-state index in [9.17, 15) is 14.3 Å². The van der Waals surface area contributed by atoms with Gasteiger partial charge in [0.05, 0.1) is 19.8 Å². The minimum Gasteiger partial charge on any atom is -0.494 e. The molecule has 0 spiro atoms. The number of aliphatic hydroxyl groups is 1. The van der Waals surface area contributed by atoms with Crippen LogP contribution in [0.25, 0.3) is 22.0 Å². The van der Waals surface area contributed by atoms with Crippen LogP contribution in [0.4, 0.5) is 4.39 Å². The second kappa shape index (κ2) is 9.02. The number of benzene rings is 3. The topological polar surface area (TPSA) is 74.3 Å². The second-order valence-corrected chi connectivity index (χ2v) is 7.34. The average molecular weight is 418 g/mol. The Bertz CT molecular complexity index is 1200. The maximum absolute atomic E-state index is 14.0. The lowest BCUT2D eigenvalue weighted by molar-refractivity contribution is 0.0916. The molecule has 0 aliphatic carbocycles. The zero-order chi connectivity index (χ0) is 21.8. The van der Waals surface area contributed by atoms with Gasteiger partial charge in [-0.05, 0) is 53.4 Å². The van der Waals surface area contributed by atoms with Gasteiger partial charge < -0.3 is 20.1 Å². The summed E-state index contributed by atoms with van der Waals surface area (Å²) in [6.45, 7) is -0.172. The first kappa shape index (κ1) is 20.6. The average Bonchev–Trinajstić information content (AvgIpc) is 3.21. The van der Waals surface area contributed by atoms with Gasteiger partial charge in [-0.3, -0.25) is 4.79 Å². The molecule has 4 aromatic rings. The van der Waals surface area contributed by atoms with Crippen molar-refractivity contribution < 1.29 is 19.0 Å². The highest BCUT2D eigenvalue weighted by molar-refractivity contribution is 5.95. The number of aliphatic hydroxyl groups excluding tert-OH is 1. The number of aromatic nitrogens is 1. The smallest absolute Gasteiger partial charge is 0.251 e. The first-order chi connectivity index (χ1) is 15.1. The van der Waals surface area contributed by atoms with E-state index in [4.69, 9.17) is 4.74 Å². The van der Waals surface area contributed by atoms with Gasteiger partial charge >= 0.3 is 0 Å². The Kier molecular flexibility index (Phi) is 6.00. The number of methoxy groups -OCH3 is 1. The van der Waals surface area contributed by atoms with Gasteiger partial charge in [-0.25, -0.2) is 4.39 Å². The lowest BCUT2D eigenvalue weighted by Crippen LogP contribution is -2.39. The van der Waals surface area contributed by atoms with Crippen molar-refractivity contribution in [2.45, 2.75) is 12.5 Å². The number of amides is 1. The molecule has 1 atom stereocenters. The van der Waals surface area contributed by atoms with Gasteiger partial charge in [0.2, 0.25) is 0 Å². The van der Waals surface area contributed by atoms with Crippen molar-refractivity contribution in [3.63, 3.8) is 0 Å². The molecule has 0 aliphatic heterocycles. The van der Waals surface area contributed by atoms with Crippen molar-refractivity contribution in [1.82, 2.24) is 10.3 Å². The molecule has 3 aromatic carbocycles. The lowest BCUT2D eigenvalue weighted by Gasteiger charge is -2.16. The fraction of sp³-hybridized carbons (Fsp3) is 0.160. The number of carbonyl (C=O) groups excluding carboxylic acids is 1. The zero-order valence-corrected chi connectivity index (χ0v) is 17.1. The van der Waals surface area contributed by atoms with Crippen LogP contribution in [0.3, 0.4) is 0 Å². The number of hydrogen-bond acceptors (Lipinski definition) is 3. The van der Waals surface area contributed by atoms with E-state index in [-0.39, 0.29) is 18.3 Å². The molecule has 0 aliphatic rings. The number of carbonyl (C=O) groups is 1. The molecule has 3 N–H and O–H groups in total. The molecule has 6 heteroatoms. The summed E-state index contributed by atoms with van der Waals surface area (Å²) >= 11 is 0. The Morgan fingerprint density at radius 1 is 1.10 bits per heavy atom. The van der Waals surface area contributed by atoms with Crippen LogP contribution in [0.1, 0.15) is 15.9 Å². The molecule has 0 fully saturated rings. The normalized spacial score (nSPS) is 12.0. The van der Waals surface area contributed by atoms with Crippen LogP contribution >= 0.6 is 0 Å². The highest BCUT2D eigenvalue weighted by Gasteiger charge is 2.16. The van der Waals surface area contributed by atoms with E-state index < -0.39 is 11.9 Å². The molecule has 0 bridgehead atoms. The maximum Gasteiger partial charge on any atom is 0.251 e. The number of H-pyrrole nitrogens is 1. The number of para-hydroxylation sites is 1. The summed E-state index contributed by atoms with van der Waals surface area (Å²) in [6, 6.07) is 19.1. The molecule has 31 heavy (non-hydrogen) atoms. The van der Waals surface area contributed by atoms with Gasteiger partial charge in [-0.1, -0.05) is 36.4 Å². The first-order valence-corrected chi connectivity index (χ1v) is 9.99. The summed E-state index contributed by atoms with van der Waals surface area (Å²) in [6.07, 6.45) is 2.41. The predicted octanol–water partition coefficient (Wildman–Crippen LogP) is 4.32. The molecule has 1 amide bonds. The molecule has 1 heterocycles. The highest BCUT2D eigenvalue weighted by Crippen LogP contribution is 2.26. The number of ether oxygens (including phenoxy) is 1. The van der Waals surface area contributed by atoms with Crippen molar-refractivity contribution in [1.29, 1.82) is 0 Å². The Labute approximate surface area is 179 Å². The number of fused-ring (bicyclic) bond motifs is 1. The van der Waals surface area contributed by atoms with Crippen molar-refractivity contribution in [2.24, 2.45) is 0 Å². The number of aromatic amines is 1. The molecule has 0 saturated carbocycles. The third kappa shape index (κ3) is 4.44. The van der Waals surface area contributed by atoms with Gasteiger partial charge in [0.1, 0.15) is 0 Å². The minimum atomic E-state index is -0.440. The van der Waals surface area contributed by atoms with Gasteiger partial charge in [0, 0.05) is 22.7 Å². The van der Waals surface area contributed by atoms with E-state index in [1.54, 1.807) is 36.4 Å². The van der Waals surface area contributed by atoms with Gasteiger partial charge in [-0.2, -0.15) is 0 Å². The SMILES string of the molecule is COc1ccc(-c2ccc(C(=O)NC(CO)Cc3c[nH]c4ccccc34)cc2)cc1F. The number of halogens is 1. The van der Waals surface area contributed by atoms with Crippen molar-refractivity contribution in [2.75, 3.05) is 13.7 Å². The Hall–Kier alpha value is -3.64. The van der Waals surface area contributed by atoms with Gasteiger partial charge in [0.25, 0.3) is 5.91 Å². The number of hydrogen-bond donors (Lipinski definition) is 3. The molecule has 0 radical (unpaired) electrons. The van der Waals surface area contributed by atoms with Crippen LogP contribution < -0.4 is 10.1 Å². The van der Waals surface area contributed by atoms with Crippen LogP contribution in [0, 0.1) is 5.82 Å². The summed E-state index contributed by atoms with van der Waals surface area (Å²) in [7, 11) is 1.42.